The number of ketones is 2. The van der Waals surface area contributed by atoms with E-state index in [1.165, 1.54) is 31.2 Å². The molecule has 0 spiro atoms. The molecule has 27 nitrogen and oxygen atoms in total. The van der Waals surface area contributed by atoms with Gasteiger partial charge < -0.3 is 69.1 Å². The van der Waals surface area contributed by atoms with Crippen LogP contribution in [-0.2, 0) is 57.5 Å². The molecule has 9 atom stereocenters. The minimum Gasteiger partial charge on any atom is -0.481 e. The number of hydrogen-bond donors (Lipinski definition) is 13. The molecule has 80 heavy (non-hydrogen) atoms. The van der Waals surface area contributed by atoms with Crippen molar-refractivity contribution in [1.29, 1.82) is 0 Å². The van der Waals surface area contributed by atoms with Gasteiger partial charge in [0.2, 0.25) is 59.1 Å². The smallest absolute Gasteiger partial charge is 0.305 e. The van der Waals surface area contributed by atoms with E-state index in [-0.39, 0.29) is 40.0 Å². The lowest BCUT2D eigenvalue weighted by molar-refractivity contribution is -0.141. The number of nitrogens with two attached hydrogens (primary N) is 1. The van der Waals surface area contributed by atoms with Gasteiger partial charge in [-0.25, -0.2) is 0 Å². The second kappa shape index (κ2) is 30.4. The van der Waals surface area contributed by atoms with Crippen molar-refractivity contribution in [3.63, 3.8) is 0 Å². The van der Waals surface area contributed by atoms with Crippen molar-refractivity contribution >= 4 is 94.0 Å². The number of amides is 10. The Hall–Kier alpha value is -8.78. The Labute approximate surface area is 461 Å². The van der Waals surface area contributed by atoms with Gasteiger partial charge in [-0.2, -0.15) is 0 Å². The van der Waals surface area contributed by atoms with Crippen molar-refractivity contribution < 1.29 is 77.3 Å². The van der Waals surface area contributed by atoms with Crippen LogP contribution in [0, 0.1) is 17.8 Å². The van der Waals surface area contributed by atoms with Gasteiger partial charge in [0, 0.05) is 30.2 Å². The zero-order valence-corrected chi connectivity index (χ0v) is 46.1. The van der Waals surface area contributed by atoms with Crippen LogP contribution in [0.1, 0.15) is 133 Å². The van der Waals surface area contributed by atoms with Crippen molar-refractivity contribution in [3.05, 3.63) is 58.7 Å². The number of carbonyl (C=O) groups is 14. The first-order chi connectivity index (χ1) is 37.6. The highest BCUT2D eigenvalue weighted by molar-refractivity contribution is 6.32. The van der Waals surface area contributed by atoms with Crippen LogP contribution < -0.4 is 58.9 Å². The van der Waals surface area contributed by atoms with Crippen LogP contribution in [0.5, 0.6) is 0 Å². The summed E-state index contributed by atoms with van der Waals surface area (Å²) in [7, 11) is 0. The molecular weight excluding hydrogens is 1050 g/mol. The summed E-state index contributed by atoms with van der Waals surface area (Å²) in [5, 5.41) is 43.1. The standard InChI is InChI=1S/C53H73N11O16/c1-10-25(6)43(63-49(76)34(19-20-38(68)69)61-50(77)35(21-39(70)71)58-28(9)65)53(80)64-44(26(7)11-2)52(79)62-42(24(4)5)51(78)60-32(12-3)48(75)57-27(8)47(74)56-22-36(66)55-23-37(67)59-33-18-17-31(54)40-41(33)46(73)30-16-14-13-15-29(30)45(40)72/h13-18,24-27,32,34-35,42-44H,10-12,19-23,54H2,1-9H3,(H,55,66)(H,56,74)(H,57,75)(H,58,65)(H,59,67)(H,60,78)(H,61,77)(H,62,79)(H,63,76)(H,64,80)(H,68,69)(H,70,71)/t25-,26-,27-,32-,34-,35-,42-,43-,44-/m0/s1. The maximum absolute atomic E-state index is 14.1. The summed E-state index contributed by atoms with van der Waals surface area (Å²) in [5.41, 5.74) is 6.21. The molecule has 0 saturated carbocycles. The summed E-state index contributed by atoms with van der Waals surface area (Å²) in [6, 6.07) is -0.857. The number of hydrogen-bond acceptors (Lipinski definition) is 15. The van der Waals surface area contributed by atoms with Crippen LogP contribution in [0.3, 0.4) is 0 Å². The minimum atomic E-state index is -1.63. The third-order valence-corrected chi connectivity index (χ3v) is 13.2. The van der Waals surface area contributed by atoms with E-state index >= 15 is 0 Å². The second-order valence-corrected chi connectivity index (χ2v) is 19.7. The molecule has 2 aromatic carbocycles. The van der Waals surface area contributed by atoms with Crippen molar-refractivity contribution in [2.45, 2.75) is 143 Å². The monoisotopic (exact) mass is 1120 g/mol. The maximum Gasteiger partial charge on any atom is 0.305 e. The van der Waals surface area contributed by atoms with Crippen molar-refractivity contribution in [2.24, 2.45) is 17.8 Å². The average molecular weight is 1120 g/mol. The van der Waals surface area contributed by atoms with Gasteiger partial charge >= 0.3 is 11.9 Å². The molecule has 14 N–H and O–H groups in total. The van der Waals surface area contributed by atoms with E-state index in [1.54, 1.807) is 60.6 Å². The van der Waals surface area contributed by atoms with Crippen molar-refractivity contribution in [3.8, 4) is 0 Å². The predicted octanol–water partition coefficient (Wildman–Crippen LogP) is -0.854. The maximum atomic E-state index is 14.1. The Balaban J connectivity index is 1.63. The third-order valence-electron chi connectivity index (χ3n) is 13.2. The largest absolute Gasteiger partial charge is 0.481 e. The number of fused-ring (bicyclic) bond motifs is 2. The normalized spacial score (nSPS) is 14.9. The summed E-state index contributed by atoms with van der Waals surface area (Å²) >= 11 is 0. The lowest BCUT2D eigenvalue weighted by atomic mass is 9.82. The van der Waals surface area contributed by atoms with Crippen LogP contribution in [0.25, 0.3) is 0 Å². The Bertz CT molecular complexity index is 2710. The highest BCUT2D eigenvalue weighted by Crippen LogP contribution is 2.35. The fourth-order valence-corrected chi connectivity index (χ4v) is 8.22. The Morgan fingerprint density at radius 1 is 0.512 bits per heavy atom. The minimum absolute atomic E-state index is 0.00448. The first-order valence-electron chi connectivity index (χ1n) is 26.0. The van der Waals surface area contributed by atoms with Gasteiger partial charge in [-0.15, -0.1) is 0 Å². The third kappa shape index (κ3) is 18.4. The Kier molecular flexibility index (Phi) is 24.9. The number of carboxylic acids is 2. The molecule has 2 aromatic rings. The SMILES string of the molecule is CC[C@H](NC(=O)[C@@H](NC(=O)[C@@H](NC(=O)[C@@H](NC(=O)[C@H](CCC(=O)O)NC(=O)[C@H](CC(=O)O)NC(C)=O)[C@@H](C)CC)[C@@H](C)CC)C(C)C)C(=O)N[C@@H](C)C(=O)NCC(=O)NCC(=O)Nc1ccc(N)c2c1C(=O)c1ccccc1C2=O. The van der Waals surface area contributed by atoms with Gasteiger partial charge in [-0.1, -0.05) is 85.6 Å². The number of benzene rings is 2. The molecule has 27 heteroatoms. The molecule has 3 rings (SSSR count). The molecule has 10 amide bonds. The highest BCUT2D eigenvalue weighted by Gasteiger charge is 2.38. The number of carboxylic acid groups (broad SMARTS) is 2. The van der Waals surface area contributed by atoms with Gasteiger partial charge in [0.05, 0.1) is 36.3 Å². The summed E-state index contributed by atoms with van der Waals surface area (Å²) in [5.74, 6) is -14.2. The second-order valence-electron chi connectivity index (χ2n) is 19.7. The molecule has 0 bridgehead atoms. The molecule has 0 heterocycles. The predicted molar refractivity (Wildman–Crippen MR) is 287 cm³/mol. The van der Waals surface area contributed by atoms with Gasteiger partial charge in [0.25, 0.3) is 0 Å². The zero-order chi connectivity index (χ0) is 60.3. The van der Waals surface area contributed by atoms with Crippen molar-refractivity contribution in [1.82, 2.24) is 47.9 Å². The van der Waals surface area contributed by atoms with Gasteiger partial charge in [-0.05, 0) is 49.7 Å². The van der Waals surface area contributed by atoms with E-state index in [9.17, 15) is 77.3 Å². The topological polar surface area (TPSA) is 426 Å². The molecule has 0 fully saturated rings. The fourth-order valence-electron chi connectivity index (χ4n) is 8.22. The lowest BCUT2D eigenvalue weighted by Crippen LogP contribution is -2.62. The van der Waals surface area contributed by atoms with E-state index in [0.717, 1.165) is 6.92 Å². The first kappa shape index (κ1) is 65.5. The Morgan fingerprint density at radius 2 is 1.00 bits per heavy atom. The fraction of sp³-hybridized carbons (Fsp3) is 0.509. The van der Waals surface area contributed by atoms with Crippen LogP contribution in [0.2, 0.25) is 0 Å². The summed E-state index contributed by atoms with van der Waals surface area (Å²) in [4.78, 5) is 182. The number of anilines is 2. The van der Waals surface area contributed by atoms with Crippen LogP contribution in [0.15, 0.2) is 36.4 Å². The van der Waals surface area contributed by atoms with Crippen LogP contribution >= 0.6 is 0 Å². The molecule has 0 radical (unpaired) electrons. The van der Waals surface area contributed by atoms with E-state index in [1.807, 2.05) is 0 Å². The number of nitrogen functional groups attached to an aromatic ring is 1. The first-order valence-corrected chi connectivity index (χ1v) is 26.0. The van der Waals surface area contributed by atoms with Crippen molar-refractivity contribution in [2.75, 3.05) is 24.1 Å². The molecule has 0 saturated heterocycles. The van der Waals surface area contributed by atoms with Gasteiger partial charge in [-0.3, -0.25) is 67.1 Å². The summed E-state index contributed by atoms with van der Waals surface area (Å²) in [6.07, 6.45) is -1.36. The average Bonchev–Trinajstić information content (AvgIpc) is 3.40. The molecule has 0 aromatic heterocycles. The number of aliphatic carboxylic acids is 2. The van der Waals surface area contributed by atoms with E-state index in [2.05, 4.69) is 53.2 Å². The molecule has 436 valence electrons. The number of carbonyl (C=O) groups excluding carboxylic acids is 12. The molecular formula is C53H73N11O16. The van der Waals surface area contributed by atoms with Crippen LogP contribution in [-0.4, -0.2) is 148 Å². The molecule has 1 aliphatic rings. The molecule has 0 aliphatic heterocycles. The van der Waals surface area contributed by atoms with Crippen LogP contribution in [0.4, 0.5) is 11.4 Å². The van der Waals surface area contributed by atoms with E-state index < -0.39 is 175 Å². The zero-order valence-electron chi connectivity index (χ0n) is 46.1. The lowest BCUT2D eigenvalue weighted by Gasteiger charge is -2.31. The van der Waals surface area contributed by atoms with Gasteiger partial charge in [0.15, 0.2) is 11.6 Å². The highest BCUT2D eigenvalue weighted by atomic mass is 16.4. The molecule has 1 aliphatic carbocycles. The summed E-state index contributed by atoms with van der Waals surface area (Å²) in [6.45, 7) is 12.6. The number of rotatable bonds is 30. The number of nitrogens with one attached hydrogen (secondary N) is 10. The molecule has 0 unspecified atom stereocenters. The van der Waals surface area contributed by atoms with E-state index in [4.69, 9.17) is 5.73 Å². The quantitative estimate of drug-likeness (QED) is 0.0362. The summed E-state index contributed by atoms with van der Waals surface area (Å²) < 4.78 is 0. The Morgan fingerprint density at radius 3 is 1.51 bits per heavy atom. The van der Waals surface area contributed by atoms with E-state index in [0.29, 0.717) is 12.8 Å². The van der Waals surface area contributed by atoms with Gasteiger partial charge in [0.1, 0.15) is 42.3 Å².